The molecule has 1 fully saturated rings. The van der Waals surface area contributed by atoms with Gasteiger partial charge in [-0.2, -0.15) is 0 Å². The quantitative estimate of drug-likeness (QED) is 0.763. The second-order valence-electron chi connectivity index (χ2n) is 7.05. The summed E-state index contributed by atoms with van der Waals surface area (Å²) in [5, 5.41) is 2.86. The Hall–Kier alpha value is -1.24. The first kappa shape index (κ1) is 21.8. The lowest BCUT2D eigenvalue weighted by atomic mass is 9.86. The van der Waals surface area contributed by atoms with Crippen molar-refractivity contribution in [2.45, 2.75) is 38.6 Å². The fourth-order valence-electron chi connectivity index (χ4n) is 2.57. The van der Waals surface area contributed by atoms with Crippen LogP contribution in [0.1, 0.15) is 43.1 Å². The molecule has 3 N–H and O–H groups in total. The number of rotatable bonds is 5. The molecule has 140 valence electrons. The SMILES string of the molecule is CC(C)(C)c1ccc(C(=O)N2CSCC2C(=O)NCCCN)cc1.Cl. The standard InChI is InChI=1S/C18H27N3O2S.ClH/c1-18(2,3)14-7-5-13(6-8-14)17(23)21-12-24-11-15(21)16(22)20-10-4-9-19;/h5-8,15H,4,9-12,19H2,1-3H3,(H,20,22);1H. The van der Waals surface area contributed by atoms with Crippen molar-refractivity contribution in [3.05, 3.63) is 35.4 Å². The molecular weight excluding hydrogens is 358 g/mol. The second-order valence-corrected chi connectivity index (χ2v) is 8.05. The molecule has 0 radical (unpaired) electrons. The Kier molecular flexibility index (Phi) is 8.25. The number of nitrogens with two attached hydrogens (primary N) is 1. The van der Waals surface area contributed by atoms with Crippen LogP contribution in [0.2, 0.25) is 0 Å². The van der Waals surface area contributed by atoms with Crippen molar-refractivity contribution in [2.75, 3.05) is 24.7 Å². The topological polar surface area (TPSA) is 75.4 Å². The van der Waals surface area contributed by atoms with Crippen molar-refractivity contribution in [3.63, 3.8) is 0 Å². The third-order valence-electron chi connectivity index (χ3n) is 4.12. The van der Waals surface area contributed by atoms with Crippen LogP contribution in [0.4, 0.5) is 0 Å². The number of halogens is 1. The van der Waals surface area contributed by atoms with E-state index in [-0.39, 0.29) is 29.6 Å². The molecule has 25 heavy (non-hydrogen) atoms. The average Bonchev–Trinajstić information content (AvgIpc) is 3.03. The number of thioether (sulfide) groups is 1. The lowest BCUT2D eigenvalue weighted by Crippen LogP contribution is -2.47. The van der Waals surface area contributed by atoms with Crippen LogP contribution in [-0.4, -0.2) is 47.5 Å². The zero-order chi connectivity index (χ0) is 17.7. The zero-order valence-electron chi connectivity index (χ0n) is 15.1. The molecule has 2 amide bonds. The number of hydrogen-bond acceptors (Lipinski definition) is 4. The van der Waals surface area contributed by atoms with Crippen molar-refractivity contribution < 1.29 is 9.59 Å². The van der Waals surface area contributed by atoms with Crippen LogP contribution >= 0.6 is 24.2 Å². The Labute approximate surface area is 160 Å². The van der Waals surface area contributed by atoms with Gasteiger partial charge in [0.2, 0.25) is 5.91 Å². The third-order valence-corrected chi connectivity index (χ3v) is 5.14. The molecule has 1 saturated heterocycles. The van der Waals surface area contributed by atoms with Gasteiger partial charge in [0.05, 0.1) is 5.88 Å². The molecule has 1 aliphatic rings. The van der Waals surface area contributed by atoms with Crippen molar-refractivity contribution in [1.29, 1.82) is 0 Å². The van der Waals surface area contributed by atoms with Gasteiger partial charge in [-0.1, -0.05) is 32.9 Å². The first-order valence-electron chi connectivity index (χ1n) is 8.31. The van der Waals surface area contributed by atoms with E-state index < -0.39 is 6.04 Å². The predicted molar refractivity (Wildman–Crippen MR) is 106 cm³/mol. The number of amides is 2. The van der Waals surface area contributed by atoms with E-state index in [4.69, 9.17) is 5.73 Å². The Bertz CT molecular complexity index is 587. The number of nitrogens with one attached hydrogen (secondary N) is 1. The molecule has 0 aromatic heterocycles. The van der Waals surface area contributed by atoms with Gasteiger partial charge in [-0.25, -0.2) is 0 Å². The van der Waals surface area contributed by atoms with E-state index in [2.05, 4.69) is 26.1 Å². The minimum absolute atomic E-state index is 0. The summed E-state index contributed by atoms with van der Waals surface area (Å²) in [6.07, 6.45) is 0.744. The van der Waals surface area contributed by atoms with Crippen LogP contribution in [0.25, 0.3) is 0 Å². The van der Waals surface area contributed by atoms with Crippen LogP contribution in [0.5, 0.6) is 0 Å². The number of carbonyl (C=O) groups excluding carboxylic acids is 2. The molecule has 0 saturated carbocycles. The number of carbonyl (C=O) groups is 2. The Morgan fingerprint density at radius 2 is 1.92 bits per heavy atom. The van der Waals surface area contributed by atoms with Crippen LogP contribution in [0.3, 0.4) is 0 Å². The maximum Gasteiger partial charge on any atom is 0.255 e. The van der Waals surface area contributed by atoms with Crippen molar-refractivity contribution in [3.8, 4) is 0 Å². The van der Waals surface area contributed by atoms with Gasteiger partial charge in [0.15, 0.2) is 0 Å². The van der Waals surface area contributed by atoms with E-state index in [1.54, 1.807) is 16.7 Å². The van der Waals surface area contributed by atoms with Gasteiger partial charge in [-0.3, -0.25) is 9.59 Å². The van der Waals surface area contributed by atoms with Crippen molar-refractivity contribution >= 4 is 36.0 Å². The summed E-state index contributed by atoms with van der Waals surface area (Å²) in [6, 6.07) is 7.30. The van der Waals surface area contributed by atoms with E-state index in [1.165, 1.54) is 5.56 Å². The molecule has 1 aromatic carbocycles. The smallest absolute Gasteiger partial charge is 0.255 e. The van der Waals surface area contributed by atoms with Gasteiger partial charge in [0.1, 0.15) is 6.04 Å². The third kappa shape index (κ3) is 5.62. The van der Waals surface area contributed by atoms with Gasteiger partial charge >= 0.3 is 0 Å². The zero-order valence-corrected chi connectivity index (χ0v) is 16.7. The summed E-state index contributed by atoms with van der Waals surface area (Å²) in [5.74, 6) is 1.02. The summed E-state index contributed by atoms with van der Waals surface area (Å²) < 4.78 is 0. The van der Waals surface area contributed by atoms with E-state index >= 15 is 0 Å². The van der Waals surface area contributed by atoms with Gasteiger partial charge in [-0.05, 0) is 36.1 Å². The molecule has 2 rings (SSSR count). The van der Waals surface area contributed by atoms with Crippen LogP contribution in [-0.2, 0) is 10.2 Å². The molecule has 1 atom stereocenters. The maximum absolute atomic E-state index is 12.8. The van der Waals surface area contributed by atoms with Gasteiger partial charge in [0, 0.05) is 17.9 Å². The summed E-state index contributed by atoms with van der Waals surface area (Å²) >= 11 is 1.61. The molecule has 0 bridgehead atoms. The van der Waals surface area contributed by atoms with Crippen LogP contribution in [0.15, 0.2) is 24.3 Å². The first-order chi connectivity index (χ1) is 11.3. The van der Waals surface area contributed by atoms with E-state index in [0.717, 1.165) is 6.42 Å². The fourth-order valence-corrected chi connectivity index (χ4v) is 3.72. The van der Waals surface area contributed by atoms with Crippen LogP contribution in [0, 0.1) is 0 Å². The molecule has 1 heterocycles. The predicted octanol–water partition coefficient (Wildman–Crippen LogP) is 2.39. The largest absolute Gasteiger partial charge is 0.354 e. The minimum Gasteiger partial charge on any atom is -0.354 e. The van der Waals surface area contributed by atoms with Gasteiger partial charge in [-0.15, -0.1) is 24.2 Å². The minimum atomic E-state index is -0.400. The lowest BCUT2D eigenvalue weighted by Gasteiger charge is -2.24. The van der Waals surface area contributed by atoms with Gasteiger partial charge in [0.25, 0.3) is 5.91 Å². The molecule has 1 aliphatic heterocycles. The summed E-state index contributed by atoms with van der Waals surface area (Å²) in [7, 11) is 0. The van der Waals surface area contributed by atoms with Crippen molar-refractivity contribution in [1.82, 2.24) is 10.2 Å². The Balaban J connectivity index is 0.00000312. The fraction of sp³-hybridized carbons (Fsp3) is 0.556. The summed E-state index contributed by atoms with van der Waals surface area (Å²) in [4.78, 5) is 26.7. The average molecular weight is 386 g/mol. The number of benzene rings is 1. The molecule has 1 aromatic rings. The first-order valence-corrected chi connectivity index (χ1v) is 9.47. The molecular formula is C18H28ClN3O2S. The Morgan fingerprint density at radius 3 is 2.48 bits per heavy atom. The monoisotopic (exact) mass is 385 g/mol. The second kappa shape index (κ2) is 9.46. The Morgan fingerprint density at radius 1 is 1.28 bits per heavy atom. The number of nitrogens with zero attached hydrogens (tertiary/aromatic N) is 1. The number of hydrogen-bond donors (Lipinski definition) is 2. The van der Waals surface area contributed by atoms with E-state index in [9.17, 15) is 9.59 Å². The van der Waals surface area contributed by atoms with Crippen molar-refractivity contribution in [2.24, 2.45) is 5.73 Å². The highest BCUT2D eigenvalue weighted by Crippen LogP contribution is 2.25. The normalized spacial score (nSPS) is 17.1. The lowest BCUT2D eigenvalue weighted by molar-refractivity contribution is -0.124. The van der Waals surface area contributed by atoms with Crippen LogP contribution < -0.4 is 11.1 Å². The maximum atomic E-state index is 12.8. The molecule has 5 nitrogen and oxygen atoms in total. The summed E-state index contributed by atoms with van der Waals surface area (Å²) in [5.41, 5.74) is 7.31. The molecule has 0 aliphatic carbocycles. The van der Waals surface area contributed by atoms with E-state index in [0.29, 0.717) is 30.3 Å². The summed E-state index contributed by atoms with van der Waals surface area (Å²) in [6.45, 7) is 7.52. The molecule has 0 spiro atoms. The van der Waals surface area contributed by atoms with E-state index in [1.807, 2.05) is 24.3 Å². The highest BCUT2D eigenvalue weighted by Gasteiger charge is 2.34. The highest BCUT2D eigenvalue weighted by atomic mass is 35.5. The molecule has 7 heteroatoms. The highest BCUT2D eigenvalue weighted by molar-refractivity contribution is 7.99. The molecule has 1 unspecified atom stereocenters. The van der Waals surface area contributed by atoms with Gasteiger partial charge < -0.3 is 16.0 Å².